The quantitative estimate of drug-likeness (QED) is 0.325. The molecule has 92 valence electrons. The normalized spacial score (nSPS) is 9.59. The monoisotopic (exact) mass is 383 g/mol. The van der Waals surface area contributed by atoms with Crippen LogP contribution in [0.2, 0.25) is 5.02 Å². The fourth-order valence-electron chi connectivity index (χ4n) is 0.997. The molecule has 0 fully saturated rings. The average Bonchev–Trinajstić information content (AvgIpc) is 2.32. The summed E-state index contributed by atoms with van der Waals surface area (Å²) in [5, 5.41) is 0.518. The van der Waals surface area contributed by atoms with Crippen LogP contribution in [0.1, 0.15) is 12.6 Å². The van der Waals surface area contributed by atoms with Crippen molar-refractivity contribution in [3.63, 3.8) is 0 Å². The third-order valence-electron chi connectivity index (χ3n) is 1.67. The zero-order valence-corrected chi connectivity index (χ0v) is 12.9. The maximum Gasteiger partial charge on any atom is 0.189 e. The number of hydrogen-bond donors (Lipinski definition) is 0. The van der Waals surface area contributed by atoms with Crippen LogP contribution in [-0.4, -0.2) is 24.1 Å². The Bertz CT molecular complexity index is 420. The van der Waals surface area contributed by atoms with Gasteiger partial charge in [-0.15, -0.1) is 0 Å². The minimum atomic E-state index is 0.178. The number of pyridine rings is 1. The summed E-state index contributed by atoms with van der Waals surface area (Å²) in [6, 6.07) is 1.69. The van der Waals surface area contributed by atoms with Crippen LogP contribution in [0.4, 0.5) is 0 Å². The molecule has 1 rings (SSSR count). The Morgan fingerprint density at radius 1 is 1.59 bits per heavy atom. The van der Waals surface area contributed by atoms with Gasteiger partial charge in [-0.25, -0.2) is 4.98 Å². The van der Waals surface area contributed by atoms with Crippen molar-refractivity contribution in [3.8, 4) is 17.6 Å². The molecule has 17 heavy (non-hydrogen) atoms. The summed E-state index contributed by atoms with van der Waals surface area (Å²) >= 11 is 8.07. The number of ether oxygens (including phenoxy) is 2. The van der Waals surface area contributed by atoms with Gasteiger partial charge in [0.15, 0.2) is 18.2 Å². The van der Waals surface area contributed by atoms with E-state index < -0.39 is 0 Å². The molecule has 0 amide bonds. The van der Waals surface area contributed by atoms with E-state index in [0.717, 1.165) is 5.75 Å². The minimum absolute atomic E-state index is 0.178. The van der Waals surface area contributed by atoms with E-state index in [1.165, 1.54) is 0 Å². The second-order valence-electron chi connectivity index (χ2n) is 2.86. The maximum atomic E-state index is 5.84. The molecular formula is C11H11ClINO2S. The predicted octanol–water partition coefficient (Wildman–Crippen LogP) is 3.54. The van der Waals surface area contributed by atoms with Gasteiger partial charge < -0.3 is 9.47 Å². The Morgan fingerprint density at radius 3 is 3.12 bits per heavy atom. The highest BCUT2D eigenvalue weighted by atomic mass is 127. The van der Waals surface area contributed by atoms with Crippen molar-refractivity contribution in [1.82, 2.24) is 4.98 Å². The molecule has 1 aromatic heterocycles. The van der Waals surface area contributed by atoms with Crippen molar-refractivity contribution in [2.45, 2.75) is 6.92 Å². The third kappa shape index (κ3) is 5.82. The van der Waals surface area contributed by atoms with Crippen LogP contribution in [0.5, 0.6) is 5.75 Å². The van der Waals surface area contributed by atoms with Crippen molar-refractivity contribution in [2.24, 2.45) is 0 Å². The van der Waals surface area contributed by atoms with Crippen LogP contribution in [0.25, 0.3) is 0 Å². The molecule has 0 aliphatic rings. The molecule has 0 aliphatic heterocycles. The first kappa shape index (κ1) is 14.9. The molecule has 0 saturated carbocycles. The summed E-state index contributed by atoms with van der Waals surface area (Å²) < 4.78 is 10.7. The molecule has 3 nitrogen and oxygen atoms in total. The first-order chi connectivity index (χ1) is 8.27. The van der Waals surface area contributed by atoms with Gasteiger partial charge in [0, 0.05) is 18.0 Å². The van der Waals surface area contributed by atoms with Crippen LogP contribution in [-0.2, 0) is 4.74 Å². The second kappa shape index (κ2) is 8.86. The standard InChI is InChI=1S/C11H11ClINO2S/c1-2-3-10-11(6-9(12)7-14-10)16-8-15-4-5-17-13/h6-7H,4-5,8H2,1H3. The maximum absolute atomic E-state index is 5.84. The topological polar surface area (TPSA) is 31.4 Å². The lowest BCUT2D eigenvalue weighted by molar-refractivity contribution is 0.0235. The minimum Gasteiger partial charge on any atom is -0.465 e. The molecule has 0 spiro atoms. The number of nitrogens with zero attached hydrogens (tertiary/aromatic N) is 1. The highest BCUT2D eigenvalue weighted by Crippen LogP contribution is 2.20. The van der Waals surface area contributed by atoms with Crippen molar-refractivity contribution >= 4 is 41.7 Å². The van der Waals surface area contributed by atoms with E-state index >= 15 is 0 Å². The molecule has 6 heteroatoms. The third-order valence-corrected chi connectivity index (χ3v) is 3.51. The number of aromatic nitrogens is 1. The fraction of sp³-hybridized carbons (Fsp3) is 0.364. The van der Waals surface area contributed by atoms with E-state index in [1.807, 2.05) is 0 Å². The Balaban J connectivity index is 2.55. The SMILES string of the molecule is CC#Cc1ncc(Cl)cc1OCOCCSI. The fourth-order valence-corrected chi connectivity index (χ4v) is 1.87. The number of halogens is 2. The smallest absolute Gasteiger partial charge is 0.189 e. The summed E-state index contributed by atoms with van der Waals surface area (Å²) in [5.41, 5.74) is 0.573. The van der Waals surface area contributed by atoms with Gasteiger partial charge in [-0.05, 0) is 34.0 Å². The molecular weight excluding hydrogens is 373 g/mol. The van der Waals surface area contributed by atoms with Crippen LogP contribution in [0.3, 0.4) is 0 Å². The molecule has 1 heterocycles. The zero-order valence-electron chi connectivity index (χ0n) is 9.20. The van der Waals surface area contributed by atoms with Gasteiger partial charge in [-0.2, -0.15) is 0 Å². The van der Waals surface area contributed by atoms with Crippen LogP contribution >= 0.6 is 41.7 Å². The van der Waals surface area contributed by atoms with Crippen LogP contribution in [0, 0.1) is 11.8 Å². The number of rotatable bonds is 6. The highest BCUT2D eigenvalue weighted by molar-refractivity contribution is 14.2. The van der Waals surface area contributed by atoms with Gasteiger partial charge in [-0.3, -0.25) is 0 Å². The molecule has 0 radical (unpaired) electrons. The van der Waals surface area contributed by atoms with Crippen molar-refractivity contribution in [2.75, 3.05) is 19.2 Å². The lowest BCUT2D eigenvalue weighted by Crippen LogP contribution is -2.06. The van der Waals surface area contributed by atoms with E-state index in [9.17, 15) is 0 Å². The van der Waals surface area contributed by atoms with Crippen LogP contribution in [0.15, 0.2) is 12.3 Å². The summed E-state index contributed by atoms with van der Waals surface area (Å²) in [5.74, 6) is 7.10. The van der Waals surface area contributed by atoms with E-state index in [-0.39, 0.29) is 6.79 Å². The summed E-state index contributed by atoms with van der Waals surface area (Å²) in [6.45, 7) is 2.57. The number of hydrogen-bond acceptors (Lipinski definition) is 4. The van der Waals surface area contributed by atoms with Gasteiger partial charge in [0.1, 0.15) is 0 Å². The van der Waals surface area contributed by atoms with E-state index in [2.05, 4.69) is 38.0 Å². The highest BCUT2D eigenvalue weighted by Gasteiger charge is 2.04. The van der Waals surface area contributed by atoms with Gasteiger partial charge >= 0.3 is 0 Å². The average molecular weight is 384 g/mol. The largest absolute Gasteiger partial charge is 0.465 e. The van der Waals surface area contributed by atoms with Gasteiger partial charge in [0.25, 0.3) is 0 Å². The molecule has 0 N–H and O–H groups in total. The van der Waals surface area contributed by atoms with E-state index in [4.69, 9.17) is 21.1 Å². The Morgan fingerprint density at radius 2 is 2.41 bits per heavy atom. The summed E-state index contributed by atoms with van der Waals surface area (Å²) in [6.07, 6.45) is 1.54. The van der Waals surface area contributed by atoms with E-state index in [1.54, 1.807) is 28.1 Å². The van der Waals surface area contributed by atoms with Gasteiger partial charge in [-0.1, -0.05) is 26.5 Å². The summed E-state index contributed by atoms with van der Waals surface area (Å²) in [7, 11) is 1.70. The first-order valence-electron chi connectivity index (χ1n) is 4.80. The predicted molar refractivity (Wildman–Crippen MR) is 79.7 cm³/mol. The summed E-state index contributed by atoms with van der Waals surface area (Å²) in [4.78, 5) is 4.09. The van der Waals surface area contributed by atoms with Crippen molar-refractivity contribution in [1.29, 1.82) is 0 Å². The van der Waals surface area contributed by atoms with Crippen molar-refractivity contribution < 1.29 is 9.47 Å². The molecule has 1 aromatic rings. The molecule has 0 unspecified atom stereocenters. The first-order valence-corrected chi connectivity index (χ1v) is 8.71. The lowest BCUT2D eigenvalue weighted by Gasteiger charge is -2.08. The Hall–Kier alpha value is -0.160. The zero-order chi connectivity index (χ0) is 12.5. The Labute approximate surface area is 122 Å². The molecule has 0 atom stereocenters. The Kier molecular flexibility index (Phi) is 7.77. The molecule has 0 bridgehead atoms. The molecule has 0 aliphatic carbocycles. The molecule has 0 aromatic carbocycles. The van der Waals surface area contributed by atoms with Crippen molar-refractivity contribution in [3.05, 3.63) is 23.0 Å². The van der Waals surface area contributed by atoms with Gasteiger partial charge in [0.2, 0.25) is 0 Å². The molecule has 0 saturated heterocycles. The second-order valence-corrected chi connectivity index (χ2v) is 5.79. The van der Waals surface area contributed by atoms with Gasteiger partial charge in [0.05, 0.1) is 11.6 Å². The van der Waals surface area contributed by atoms with E-state index in [0.29, 0.717) is 23.1 Å². The lowest BCUT2D eigenvalue weighted by atomic mass is 10.3. The van der Waals surface area contributed by atoms with Crippen LogP contribution < -0.4 is 4.74 Å².